The molecule has 0 aliphatic carbocycles. The average Bonchev–Trinajstić information content (AvgIpc) is 3.54. The highest BCUT2D eigenvalue weighted by molar-refractivity contribution is 6.31. The summed E-state index contributed by atoms with van der Waals surface area (Å²) in [5, 5.41) is 10.0. The lowest BCUT2D eigenvalue weighted by atomic mass is 9.93. The number of nitrogens with one attached hydrogen (secondary N) is 2. The van der Waals surface area contributed by atoms with Gasteiger partial charge in [0.1, 0.15) is 12.3 Å². The summed E-state index contributed by atoms with van der Waals surface area (Å²) in [6.07, 6.45) is -0.815. The Labute approximate surface area is 217 Å². The third kappa shape index (κ3) is 2.38. The Kier molecular flexibility index (Phi) is 4.27. The number of rotatable bonds is 4. The number of benzene rings is 3. The van der Waals surface area contributed by atoms with Crippen LogP contribution >= 0.6 is 0 Å². The van der Waals surface area contributed by atoms with Crippen molar-refractivity contribution in [2.24, 2.45) is 0 Å². The molecule has 0 saturated carbocycles. The fourth-order valence-corrected chi connectivity index (χ4v) is 7.52. The van der Waals surface area contributed by atoms with Crippen LogP contribution in [0.3, 0.4) is 0 Å². The van der Waals surface area contributed by atoms with Crippen molar-refractivity contribution in [3.05, 3.63) is 59.7 Å². The van der Waals surface area contributed by atoms with Crippen LogP contribution in [0.1, 0.15) is 41.7 Å². The van der Waals surface area contributed by atoms with Gasteiger partial charge in [-0.3, -0.25) is 9.59 Å². The number of likely N-dealkylation sites (N-methyl/N-ethyl adjacent to an activating group) is 1. The van der Waals surface area contributed by atoms with Crippen molar-refractivity contribution in [3.8, 4) is 0 Å². The number of nitrogens with zero attached hydrogens (tertiary/aromatic N) is 2. The van der Waals surface area contributed by atoms with Gasteiger partial charge in [-0.05, 0) is 26.1 Å². The first-order valence-corrected chi connectivity index (χ1v) is 12.8. The van der Waals surface area contributed by atoms with Crippen LogP contribution in [0.4, 0.5) is 0 Å². The van der Waals surface area contributed by atoms with Crippen LogP contribution < -0.4 is 10.6 Å². The van der Waals surface area contributed by atoms with Gasteiger partial charge in [0.2, 0.25) is 6.23 Å². The van der Waals surface area contributed by atoms with E-state index in [9.17, 15) is 9.59 Å². The van der Waals surface area contributed by atoms with Gasteiger partial charge in [-0.2, -0.15) is 0 Å². The molecular formula is C29H26N4O5. The van der Waals surface area contributed by atoms with Crippen molar-refractivity contribution in [3.63, 3.8) is 0 Å². The van der Waals surface area contributed by atoms with E-state index in [1.807, 2.05) is 37.4 Å². The van der Waals surface area contributed by atoms with Crippen LogP contribution in [0.5, 0.6) is 0 Å². The maximum Gasteiger partial charge on any atom is 0.295 e. The molecule has 1 fully saturated rings. The van der Waals surface area contributed by atoms with Crippen molar-refractivity contribution in [2.45, 2.75) is 43.7 Å². The molecule has 2 aromatic heterocycles. The minimum Gasteiger partial charge on any atom is -0.439 e. The first kappa shape index (κ1) is 22.1. The minimum absolute atomic E-state index is 0.00628. The number of aromatic nitrogens is 2. The smallest absolute Gasteiger partial charge is 0.295 e. The van der Waals surface area contributed by atoms with Crippen molar-refractivity contribution in [1.29, 1.82) is 0 Å². The molecule has 0 radical (unpaired) electrons. The van der Waals surface area contributed by atoms with E-state index < -0.39 is 12.0 Å². The first-order valence-electron chi connectivity index (χ1n) is 12.8. The summed E-state index contributed by atoms with van der Waals surface area (Å²) in [6, 6.07) is 16.2. The van der Waals surface area contributed by atoms with Gasteiger partial charge >= 0.3 is 0 Å². The van der Waals surface area contributed by atoms with Crippen LogP contribution in [0.25, 0.3) is 43.6 Å². The molecule has 3 aromatic carbocycles. The highest BCUT2D eigenvalue weighted by Crippen LogP contribution is 2.54. The Bertz CT molecular complexity index is 1850. The zero-order valence-corrected chi connectivity index (χ0v) is 21.1. The summed E-state index contributed by atoms with van der Waals surface area (Å²) < 4.78 is 23.2. The van der Waals surface area contributed by atoms with Gasteiger partial charge in [-0.1, -0.05) is 36.4 Å². The number of ether oxygens (including phenoxy) is 3. The number of carbonyl (C=O) groups excluding carboxylic acids is 2. The van der Waals surface area contributed by atoms with Gasteiger partial charge in [-0.15, -0.1) is 0 Å². The molecule has 38 heavy (non-hydrogen) atoms. The molecule has 0 spiro atoms. The number of carbonyl (C=O) groups is 2. The summed E-state index contributed by atoms with van der Waals surface area (Å²) in [5.41, 5.74) is 4.18. The summed E-state index contributed by atoms with van der Waals surface area (Å²) in [6.45, 7) is 2.48. The average molecular weight is 511 g/mol. The zero-order chi connectivity index (χ0) is 25.9. The van der Waals surface area contributed by atoms with Gasteiger partial charge in [0.25, 0.3) is 12.4 Å². The largest absolute Gasteiger partial charge is 0.439 e. The number of para-hydroxylation sites is 2. The first-order chi connectivity index (χ1) is 18.5. The molecule has 1 saturated heterocycles. The Morgan fingerprint density at radius 2 is 1.79 bits per heavy atom. The molecule has 9 heteroatoms. The van der Waals surface area contributed by atoms with Crippen LogP contribution in [0.2, 0.25) is 0 Å². The summed E-state index contributed by atoms with van der Waals surface area (Å²) in [7, 11) is 3.68. The summed E-state index contributed by atoms with van der Waals surface area (Å²) >= 11 is 0. The number of methoxy groups -OCH3 is 1. The van der Waals surface area contributed by atoms with Crippen molar-refractivity contribution < 1.29 is 23.8 Å². The van der Waals surface area contributed by atoms with Crippen LogP contribution in [0.15, 0.2) is 48.5 Å². The Balaban J connectivity index is 1.71. The van der Waals surface area contributed by atoms with E-state index in [1.165, 1.54) is 0 Å². The summed E-state index contributed by atoms with van der Waals surface area (Å²) in [5.74, 6) is -0.254. The Morgan fingerprint density at radius 3 is 2.50 bits per heavy atom. The van der Waals surface area contributed by atoms with Gasteiger partial charge in [0, 0.05) is 46.7 Å². The molecule has 5 aromatic rings. The van der Waals surface area contributed by atoms with E-state index in [0.29, 0.717) is 24.0 Å². The molecule has 8 rings (SSSR count). The van der Waals surface area contributed by atoms with E-state index in [0.717, 1.165) is 43.6 Å². The fourth-order valence-electron chi connectivity index (χ4n) is 7.52. The third-order valence-corrected chi connectivity index (χ3v) is 8.82. The molecule has 9 nitrogen and oxygen atoms in total. The van der Waals surface area contributed by atoms with Crippen LogP contribution in [-0.4, -0.2) is 47.8 Å². The molecule has 3 aliphatic heterocycles. The molecular weight excluding hydrogens is 484 g/mol. The predicted octanol–water partition coefficient (Wildman–Crippen LogP) is 4.03. The van der Waals surface area contributed by atoms with Crippen LogP contribution in [-0.2, 0) is 24.7 Å². The van der Waals surface area contributed by atoms with E-state index in [2.05, 4.69) is 44.9 Å². The van der Waals surface area contributed by atoms with Crippen molar-refractivity contribution in [1.82, 2.24) is 19.8 Å². The number of fused-ring (bicyclic) bond motifs is 13. The lowest BCUT2D eigenvalue weighted by Gasteiger charge is -2.48. The summed E-state index contributed by atoms with van der Waals surface area (Å²) in [4.78, 5) is 25.2. The zero-order valence-electron chi connectivity index (χ0n) is 21.1. The van der Waals surface area contributed by atoms with Gasteiger partial charge in [0.05, 0.1) is 27.6 Å². The van der Waals surface area contributed by atoms with E-state index in [-0.39, 0.29) is 24.3 Å². The topological polar surface area (TPSA) is 95.8 Å². The standard InChI is InChI=1S/C29H26N4O5/c1-29-26(36-3)16(30-2)12-19(38-29)32-17-10-6-4-8-14(17)20-22-23(28(37-13-34)31-27(22)35)21-15-9-5-7-11-18(15)33(29)25(21)24(20)32/h4-11,13,16,19,26,28,30H,12H2,1-3H3,(H,31,35). The minimum atomic E-state index is -0.889. The second kappa shape index (κ2) is 7.35. The maximum atomic E-state index is 13.6. The van der Waals surface area contributed by atoms with E-state index in [4.69, 9.17) is 14.2 Å². The Hall–Kier alpha value is -3.92. The lowest BCUT2D eigenvalue weighted by molar-refractivity contribution is -0.256. The van der Waals surface area contributed by atoms with Gasteiger partial charge < -0.3 is 34.0 Å². The monoisotopic (exact) mass is 510 g/mol. The van der Waals surface area contributed by atoms with E-state index >= 15 is 0 Å². The normalized spacial score (nSPS) is 27.8. The lowest BCUT2D eigenvalue weighted by Crippen LogP contribution is -2.59. The highest BCUT2D eigenvalue weighted by Gasteiger charge is 2.53. The third-order valence-electron chi connectivity index (χ3n) is 8.82. The molecule has 1 amide bonds. The second-order valence-corrected chi connectivity index (χ2v) is 10.5. The molecule has 5 unspecified atom stereocenters. The Morgan fingerprint density at radius 1 is 1.08 bits per heavy atom. The molecule has 192 valence electrons. The van der Waals surface area contributed by atoms with Crippen molar-refractivity contribution in [2.75, 3.05) is 14.2 Å². The second-order valence-electron chi connectivity index (χ2n) is 10.5. The van der Waals surface area contributed by atoms with E-state index in [1.54, 1.807) is 7.11 Å². The SMILES string of the molecule is CNC1CC2OC(C)(C1OC)n1c3ccccc3c3c4c(c5c6ccccc6n2c5c31)C(=O)NC4OC=O. The molecule has 2 bridgehead atoms. The maximum absolute atomic E-state index is 13.6. The van der Waals surface area contributed by atoms with Crippen LogP contribution in [0, 0.1) is 0 Å². The predicted molar refractivity (Wildman–Crippen MR) is 142 cm³/mol. The van der Waals surface area contributed by atoms with Gasteiger partial charge in [-0.25, -0.2) is 0 Å². The van der Waals surface area contributed by atoms with Gasteiger partial charge in [0.15, 0.2) is 5.72 Å². The molecule has 5 atom stereocenters. The molecule has 3 aliphatic rings. The molecule has 2 N–H and O–H groups in total. The van der Waals surface area contributed by atoms with Crippen molar-refractivity contribution >= 4 is 56.0 Å². The quantitative estimate of drug-likeness (QED) is 0.355. The number of hydrogen-bond donors (Lipinski definition) is 2. The number of amides is 1. The highest BCUT2D eigenvalue weighted by atomic mass is 16.6. The fraction of sp³-hybridized carbons (Fsp3) is 0.310. The molecule has 5 heterocycles. The number of hydrogen-bond acceptors (Lipinski definition) is 6.